The van der Waals surface area contributed by atoms with Gasteiger partial charge in [0.15, 0.2) is 0 Å². The van der Waals surface area contributed by atoms with Crippen LogP contribution in [0, 0.1) is 0 Å². The molecule has 0 saturated carbocycles. The molecule has 1 amide bonds. The summed E-state index contributed by atoms with van der Waals surface area (Å²) < 4.78 is 5.40. The van der Waals surface area contributed by atoms with Gasteiger partial charge in [0.2, 0.25) is 0 Å². The minimum atomic E-state index is -0.140. The summed E-state index contributed by atoms with van der Waals surface area (Å²) in [4.78, 5) is 15.3. The molecule has 146 valence electrons. The molecule has 1 atom stereocenters. The molecule has 6 nitrogen and oxygen atoms in total. The van der Waals surface area contributed by atoms with Crippen molar-refractivity contribution in [3.05, 3.63) is 59.8 Å². The Morgan fingerprint density at radius 2 is 1.93 bits per heavy atom. The number of phenolic OH excluding ortho intramolecular Hbond substituents is 1. The van der Waals surface area contributed by atoms with Crippen LogP contribution < -0.4 is 10.6 Å². The molecule has 0 aliphatic carbocycles. The Balaban J connectivity index is 1.51. The van der Waals surface area contributed by atoms with E-state index in [1.807, 2.05) is 42.5 Å². The van der Waals surface area contributed by atoms with Crippen molar-refractivity contribution < 1.29 is 9.90 Å². The van der Waals surface area contributed by atoms with Crippen LogP contribution in [0.4, 0.5) is 0 Å². The quantitative estimate of drug-likeness (QED) is 0.597. The zero-order valence-corrected chi connectivity index (χ0v) is 16.4. The number of piperazine rings is 1. The van der Waals surface area contributed by atoms with Crippen LogP contribution in [0.5, 0.6) is 5.75 Å². The van der Waals surface area contributed by atoms with Crippen molar-refractivity contribution in [3.63, 3.8) is 0 Å². The molecule has 2 aromatic carbocycles. The van der Waals surface area contributed by atoms with Gasteiger partial charge in [-0.1, -0.05) is 36.4 Å². The van der Waals surface area contributed by atoms with Crippen LogP contribution in [0.1, 0.15) is 22.5 Å². The monoisotopic (exact) mass is 396 g/mol. The fourth-order valence-electron chi connectivity index (χ4n) is 3.62. The van der Waals surface area contributed by atoms with E-state index >= 15 is 0 Å². The van der Waals surface area contributed by atoms with Crippen LogP contribution in [0.3, 0.4) is 0 Å². The van der Waals surface area contributed by atoms with E-state index in [1.54, 1.807) is 6.07 Å². The maximum absolute atomic E-state index is 13.0. The van der Waals surface area contributed by atoms with E-state index in [9.17, 15) is 9.90 Å². The number of phenols is 1. The fourth-order valence-corrected chi connectivity index (χ4v) is 4.40. The lowest BCUT2D eigenvalue weighted by atomic mass is 10.1. The van der Waals surface area contributed by atoms with Gasteiger partial charge in [0, 0.05) is 31.6 Å². The van der Waals surface area contributed by atoms with Gasteiger partial charge in [-0.15, -0.1) is 0 Å². The van der Waals surface area contributed by atoms with E-state index < -0.39 is 0 Å². The predicted octanol–water partition coefficient (Wildman–Crippen LogP) is 2.60. The Bertz CT molecular complexity index is 952. The van der Waals surface area contributed by atoms with Gasteiger partial charge >= 0.3 is 0 Å². The maximum Gasteiger partial charge on any atom is 0.272 e. The highest BCUT2D eigenvalue weighted by molar-refractivity contribution is 7.13. The topological polar surface area (TPSA) is 77.5 Å². The van der Waals surface area contributed by atoms with Crippen molar-refractivity contribution in [2.45, 2.75) is 19.0 Å². The maximum atomic E-state index is 13.0. The van der Waals surface area contributed by atoms with Crippen molar-refractivity contribution in [1.82, 2.24) is 19.9 Å². The Hall–Kier alpha value is -2.48. The average molecular weight is 397 g/mol. The fraction of sp³-hybridized carbons (Fsp3) is 0.333. The molecule has 4 rings (SSSR count). The van der Waals surface area contributed by atoms with E-state index in [4.69, 9.17) is 0 Å². The smallest absolute Gasteiger partial charge is 0.272 e. The summed E-state index contributed by atoms with van der Waals surface area (Å²) in [5.74, 6) is 0.164. The molecular formula is C21H24N4O2S. The van der Waals surface area contributed by atoms with Gasteiger partial charge in [-0.3, -0.25) is 9.69 Å². The molecule has 1 aliphatic rings. The van der Waals surface area contributed by atoms with E-state index in [2.05, 4.69) is 19.9 Å². The minimum absolute atomic E-state index is 0.102. The largest absolute Gasteiger partial charge is 0.508 e. The second-order valence-electron chi connectivity index (χ2n) is 6.97. The van der Waals surface area contributed by atoms with Gasteiger partial charge in [0.1, 0.15) is 11.4 Å². The van der Waals surface area contributed by atoms with E-state index in [1.165, 1.54) is 11.5 Å². The summed E-state index contributed by atoms with van der Waals surface area (Å²) >= 11 is 1.35. The van der Waals surface area contributed by atoms with Crippen LogP contribution in [0.25, 0.3) is 10.1 Å². The van der Waals surface area contributed by atoms with Gasteiger partial charge in [0.05, 0.1) is 10.9 Å². The van der Waals surface area contributed by atoms with Crippen molar-refractivity contribution in [2.24, 2.45) is 0 Å². The Morgan fingerprint density at radius 1 is 1.18 bits per heavy atom. The molecule has 7 heteroatoms. The standard InChI is InChI=1S/C21H24N4O2S/c26-17-7-3-1-5-15(17)9-10-19(25-13-11-22-12-14-25)23-21(27)20-16-6-2-4-8-18(16)28-24-20/h1-8,19,22,26H,9-14H2,(H,23,27). The zero-order chi connectivity index (χ0) is 19.3. The molecule has 28 heavy (non-hydrogen) atoms. The highest BCUT2D eigenvalue weighted by atomic mass is 32.1. The molecular weight excluding hydrogens is 372 g/mol. The highest BCUT2D eigenvalue weighted by Gasteiger charge is 2.24. The number of para-hydroxylation sites is 1. The number of aromatic nitrogens is 1. The Labute approximate surface area is 168 Å². The summed E-state index contributed by atoms with van der Waals surface area (Å²) in [6.07, 6.45) is 1.32. The lowest BCUT2D eigenvalue weighted by molar-refractivity contribution is 0.0811. The number of hydrogen-bond donors (Lipinski definition) is 3. The van der Waals surface area contributed by atoms with Gasteiger partial charge < -0.3 is 15.7 Å². The summed E-state index contributed by atoms with van der Waals surface area (Å²) in [5, 5.41) is 17.5. The van der Waals surface area contributed by atoms with E-state index in [-0.39, 0.29) is 12.1 Å². The second-order valence-corrected chi connectivity index (χ2v) is 7.77. The van der Waals surface area contributed by atoms with Crippen molar-refractivity contribution >= 4 is 27.5 Å². The van der Waals surface area contributed by atoms with Crippen molar-refractivity contribution in [2.75, 3.05) is 26.2 Å². The molecule has 3 N–H and O–H groups in total. The first kappa shape index (κ1) is 18.9. The first-order valence-electron chi connectivity index (χ1n) is 9.59. The number of carbonyl (C=O) groups excluding carboxylic acids is 1. The minimum Gasteiger partial charge on any atom is -0.508 e. The number of benzene rings is 2. The van der Waals surface area contributed by atoms with Crippen LogP contribution in [0.2, 0.25) is 0 Å². The number of rotatable bonds is 6. The molecule has 1 aromatic heterocycles. The number of nitrogens with one attached hydrogen (secondary N) is 2. The normalized spacial score (nSPS) is 16.1. The van der Waals surface area contributed by atoms with Crippen LogP contribution >= 0.6 is 11.5 Å². The summed E-state index contributed by atoms with van der Waals surface area (Å²) in [6, 6.07) is 15.2. The van der Waals surface area contributed by atoms with Crippen molar-refractivity contribution in [1.29, 1.82) is 0 Å². The van der Waals surface area contributed by atoms with Crippen LogP contribution in [-0.2, 0) is 6.42 Å². The Kier molecular flexibility index (Phi) is 5.85. The number of aromatic hydroxyl groups is 1. The van der Waals surface area contributed by atoms with Crippen LogP contribution in [-0.4, -0.2) is 52.6 Å². The first-order chi connectivity index (χ1) is 13.7. The molecule has 0 spiro atoms. The molecule has 2 heterocycles. The Morgan fingerprint density at radius 3 is 2.75 bits per heavy atom. The van der Waals surface area contributed by atoms with Gasteiger partial charge in [-0.05, 0) is 42.1 Å². The summed E-state index contributed by atoms with van der Waals surface area (Å²) in [7, 11) is 0. The molecule has 1 aliphatic heterocycles. The molecule has 1 saturated heterocycles. The summed E-state index contributed by atoms with van der Waals surface area (Å²) in [6.45, 7) is 3.57. The average Bonchev–Trinajstić information content (AvgIpc) is 3.17. The zero-order valence-electron chi connectivity index (χ0n) is 15.6. The number of hydrogen-bond acceptors (Lipinski definition) is 6. The molecule has 1 fully saturated rings. The summed E-state index contributed by atoms with van der Waals surface area (Å²) in [5.41, 5.74) is 1.39. The number of amides is 1. The molecule has 0 bridgehead atoms. The van der Waals surface area contributed by atoms with E-state index in [0.717, 1.165) is 48.2 Å². The number of nitrogens with zero attached hydrogens (tertiary/aromatic N) is 2. The van der Waals surface area contributed by atoms with Crippen molar-refractivity contribution in [3.8, 4) is 5.75 Å². The lowest BCUT2D eigenvalue weighted by Crippen LogP contribution is -2.55. The number of aryl methyl sites for hydroxylation is 1. The SMILES string of the molecule is O=C(NC(CCc1ccccc1O)N1CCNCC1)c1nsc2ccccc12. The molecule has 0 radical (unpaired) electrons. The highest BCUT2D eigenvalue weighted by Crippen LogP contribution is 2.23. The number of carbonyl (C=O) groups is 1. The van der Waals surface area contributed by atoms with Crippen LogP contribution in [0.15, 0.2) is 48.5 Å². The first-order valence-corrected chi connectivity index (χ1v) is 10.4. The van der Waals surface area contributed by atoms with Gasteiger partial charge in [0.25, 0.3) is 5.91 Å². The molecule has 1 unspecified atom stereocenters. The van der Waals surface area contributed by atoms with Gasteiger partial charge in [-0.2, -0.15) is 4.37 Å². The lowest BCUT2D eigenvalue weighted by Gasteiger charge is -2.35. The molecule has 3 aromatic rings. The third-order valence-corrected chi connectivity index (χ3v) is 5.99. The van der Waals surface area contributed by atoms with E-state index in [0.29, 0.717) is 17.9 Å². The third-order valence-electron chi connectivity index (χ3n) is 5.16. The number of fused-ring (bicyclic) bond motifs is 1. The third kappa shape index (κ3) is 4.16. The van der Waals surface area contributed by atoms with Gasteiger partial charge in [-0.25, -0.2) is 0 Å². The second kappa shape index (κ2) is 8.68. The predicted molar refractivity (Wildman–Crippen MR) is 112 cm³/mol.